The first-order valence-corrected chi connectivity index (χ1v) is 7.61. The maximum Gasteiger partial charge on any atom is 0.195 e. The van der Waals surface area contributed by atoms with E-state index in [0.29, 0.717) is 18.9 Å². The minimum absolute atomic E-state index is 0. The molecule has 1 atom stereocenters. The molecule has 1 aromatic heterocycles. The molecule has 0 saturated heterocycles. The van der Waals surface area contributed by atoms with E-state index in [1.165, 1.54) is 5.56 Å². The van der Waals surface area contributed by atoms with Gasteiger partial charge in [-0.2, -0.15) is 0 Å². The van der Waals surface area contributed by atoms with Crippen LogP contribution in [0.2, 0.25) is 0 Å². The van der Waals surface area contributed by atoms with E-state index in [1.807, 2.05) is 7.05 Å². The summed E-state index contributed by atoms with van der Waals surface area (Å²) in [7, 11) is 1.87. The van der Waals surface area contributed by atoms with Gasteiger partial charge in [-0.15, -0.1) is 12.4 Å². The summed E-state index contributed by atoms with van der Waals surface area (Å²) < 4.78 is 6.31. The van der Waals surface area contributed by atoms with Crippen molar-refractivity contribution in [2.24, 2.45) is 16.5 Å². The molecule has 1 aliphatic carbocycles. The SMILES string of the molecule is CNC1(CCN)N=C(N)Nc2c1oc1c2CCCC1(C)C.Cl. The number of halogens is 1. The minimum Gasteiger partial charge on any atom is -0.459 e. The van der Waals surface area contributed by atoms with Crippen LogP contribution in [0.15, 0.2) is 9.41 Å². The minimum atomic E-state index is -0.660. The summed E-state index contributed by atoms with van der Waals surface area (Å²) in [6, 6.07) is 0. The Hall–Kier alpha value is -1.24. The van der Waals surface area contributed by atoms with Crippen molar-refractivity contribution in [2.75, 3.05) is 18.9 Å². The van der Waals surface area contributed by atoms with Crippen molar-refractivity contribution in [1.82, 2.24) is 5.32 Å². The highest BCUT2D eigenvalue weighted by Crippen LogP contribution is 2.48. The molecular weight excluding hydrogens is 302 g/mol. The van der Waals surface area contributed by atoms with Gasteiger partial charge in [-0.25, -0.2) is 4.99 Å². The fraction of sp³-hybridized carbons (Fsp3) is 0.667. The van der Waals surface area contributed by atoms with Crippen molar-refractivity contribution in [3.63, 3.8) is 0 Å². The summed E-state index contributed by atoms with van der Waals surface area (Å²) in [5.41, 5.74) is 13.4. The highest BCUT2D eigenvalue weighted by Gasteiger charge is 2.44. The van der Waals surface area contributed by atoms with Crippen LogP contribution >= 0.6 is 12.4 Å². The van der Waals surface area contributed by atoms with Crippen LogP contribution in [-0.4, -0.2) is 19.6 Å². The van der Waals surface area contributed by atoms with Gasteiger partial charge in [0.1, 0.15) is 5.76 Å². The fourth-order valence-electron chi connectivity index (χ4n) is 3.58. The van der Waals surface area contributed by atoms with E-state index in [-0.39, 0.29) is 17.8 Å². The van der Waals surface area contributed by atoms with Crippen molar-refractivity contribution in [3.8, 4) is 0 Å². The Kier molecular flexibility index (Phi) is 4.48. The van der Waals surface area contributed by atoms with Gasteiger partial charge in [-0.05, 0) is 32.9 Å². The first kappa shape index (κ1) is 17.1. The summed E-state index contributed by atoms with van der Waals surface area (Å²) in [4.78, 5) is 4.55. The van der Waals surface area contributed by atoms with Gasteiger partial charge in [0.2, 0.25) is 0 Å². The van der Waals surface area contributed by atoms with E-state index in [0.717, 1.165) is 36.5 Å². The van der Waals surface area contributed by atoms with Crippen molar-refractivity contribution in [2.45, 2.75) is 50.6 Å². The zero-order chi connectivity index (χ0) is 15.3. The number of aliphatic imine (C=N–C) groups is 1. The van der Waals surface area contributed by atoms with Gasteiger partial charge >= 0.3 is 0 Å². The average Bonchev–Trinajstić information content (AvgIpc) is 2.80. The Labute approximate surface area is 137 Å². The predicted molar refractivity (Wildman–Crippen MR) is 91.6 cm³/mol. The third-order valence-corrected chi connectivity index (χ3v) is 4.71. The summed E-state index contributed by atoms with van der Waals surface area (Å²) in [6.45, 7) is 4.97. The maximum absolute atomic E-state index is 6.31. The number of hydrogen-bond donors (Lipinski definition) is 4. The van der Waals surface area contributed by atoms with Gasteiger partial charge in [0.05, 0.1) is 5.69 Å². The molecule has 22 heavy (non-hydrogen) atoms. The fourth-order valence-corrected chi connectivity index (χ4v) is 3.58. The molecule has 0 bridgehead atoms. The van der Waals surface area contributed by atoms with Crippen LogP contribution in [0.4, 0.5) is 5.69 Å². The average molecular weight is 328 g/mol. The topological polar surface area (TPSA) is 102 Å². The molecule has 6 nitrogen and oxygen atoms in total. The zero-order valence-electron chi connectivity index (χ0n) is 13.5. The third kappa shape index (κ3) is 2.39. The predicted octanol–water partition coefficient (Wildman–Crippen LogP) is 1.78. The molecular formula is C15H26ClN5O. The number of anilines is 1. The van der Waals surface area contributed by atoms with Crippen LogP contribution in [0, 0.1) is 0 Å². The largest absolute Gasteiger partial charge is 0.459 e. The van der Waals surface area contributed by atoms with Crippen molar-refractivity contribution < 1.29 is 4.42 Å². The number of guanidine groups is 1. The van der Waals surface area contributed by atoms with E-state index >= 15 is 0 Å². The molecule has 124 valence electrons. The van der Waals surface area contributed by atoms with Gasteiger partial charge in [-0.1, -0.05) is 13.8 Å². The van der Waals surface area contributed by atoms with Gasteiger partial charge in [0.15, 0.2) is 17.4 Å². The normalized spacial score (nSPS) is 25.4. The van der Waals surface area contributed by atoms with Crippen LogP contribution in [0.1, 0.15) is 50.2 Å². The van der Waals surface area contributed by atoms with Gasteiger partial charge in [-0.3, -0.25) is 5.32 Å². The van der Waals surface area contributed by atoms with E-state index in [2.05, 4.69) is 29.5 Å². The summed E-state index contributed by atoms with van der Waals surface area (Å²) >= 11 is 0. The van der Waals surface area contributed by atoms with E-state index in [1.54, 1.807) is 0 Å². The Morgan fingerprint density at radius 1 is 1.36 bits per heavy atom. The quantitative estimate of drug-likeness (QED) is 0.678. The second-order valence-corrected chi connectivity index (χ2v) is 6.62. The molecule has 7 heteroatoms. The summed E-state index contributed by atoms with van der Waals surface area (Å²) in [6.07, 6.45) is 3.95. The molecule has 0 aromatic carbocycles. The first-order valence-electron chi connectivity index (χ1n) is 7.61. The molecule has 1 aliphatic heterocycles. The van der Waals surface area contributed by atoms with E-state index < -0.39 is 5.66 Å². The smallest absolute Gasteiger partial charge is 0.195 e. The molecule has 0 radical (unpaired) electrons. The van der Waals surface area contributed by atoms with Crippen molar-refractivity contribution >= 4 is 24.1 Å². The maximum atomic E-state index is 6.31. The van der Waals surface area contributed by atoms with E-state index in [4.69, 9.17) is 15.9 Å². The Morgan fingerprint density at radius 2 is 2.09 bits per heavy atom. The summed E-state index contributed by atoms with van der Waals surface area (Å²) in [5, 5.41) is 6.47. The van der Waals surface area contributed by atoms with Crippen molar-refractivity contribution in [1.29, 1.82) is 0 Å². The van der Waals surface area contributed by atoms with Crippen LogP contribution in [0.25, 0.3) is 0 Å². The molecule has 2 heterocycles. The number of furan rings is 1. The van der Waals surface area contributed by atoms with Crippen LogP contribution in [0.5, 0.6) is 0 Å². The monoisotopic (exact) mass is 327 g/mol. The molecule has 0 spiro atoms. The number of rotatable bonds is 3. The van der Waals surface area contributed by atoms with Gasteiger partial charge in [0, 0.05) is 17.4 Å². The lowest BCUT2D eigenvalue weighted by Crippen LogP contribution is -2.46. The molecule has 6 N–H and O–H groups in total. The first-order chi connectivity index (χ1) is 9.93. The highest BCUT2D eigenvalue weighted by molar-refractivity contribution is 5.96. The molecule has 0 amide bonds. The lowest BCUT2D eigenvalue weighted by Gasteiger charge is -2.32. The number of nitrogens with one attached hydrogen (secondary N) is 2. The molecule has 0 saturated carbocycles. The van der Waals surface area contributed by atoms with Crippen LogP contribution in [0.3, 0.4) is 0 Å². The van der Waals surface area contributed by atoms with Gasteiger partial charge in [0.25, 0.3) is 0 Å². The molecule has 2 aliphatic rings. The molecule has 3 rings (SSSR count). The van der Waals surface area contributed by atoms with Crippen molar-refractivity contribution in [3.05, 3.63) is 17.1 Å². The zero-order valence-corrected chi connectivity index (χ0v) is 14.3. The number of nitrogens with zero attached hydrogens (tertiary/aromatic N) is 1. The number of nitrogens with two attached hydrogens (primary N) is 2. The van der Waals surface area contributed by atoms with Crippen LogP contribution < -0.4 is 22.1 Å². The Bertz CT molecular complexity index is 595. The summed E-state index contributed by atoms with van der Waals surface area (Å²) in [5.74, 6) is 2.30. The molecule has 1 unspecified atom stereocenters. The standard InChI is InChI=1S/C15H25N5O.ClH/c1-14(2)6-4-5-9-10-12(21-11(9)14)15(18-3,7-8-16)20-13(17)19-10;/h18H,4-8,16H2,1-3H3,(H3,17,19,20);1H. The Balaban J connectivity index is 0.00000176. The second kappa shape index (κ2) is 5.76. The molecule has 1 aromatic rings. The third-order valence-electron chi connectivity index (χ3n) is 4.71. The lowest BCUT2D eigenvalue weighted by molar-refractivity contribution is 0.251. The Morgan fingerprint density at radius 3 is 2.73 bits per heavy atom. The number of fused-ring (bicyclic) bond motifs is 3. The highest BCUT2D eigenvalue weighted by atomic mass is 35.5. The lowest BCUT2D eigenvalue weighted by atomic mass is 9.77. The van der Waals surface area contributed by atoms with Gasteiger partial charge < -0.3 is 21.2 Å². The second-order valence-electron chi connectivity index (χ2n) is 6.62. The van der Waals surface area contributed by atoms with E-state index in [9.17, 15) is 0 Å². The number of hydrogen-bond acceptors (Lipinski definition) is 6. The molecule has 0 fully saturated rings. The van der Waals surface area contributed by atoms with Crippen LogP contribution in [-0.2, 0) is 17.5 Å².